The van der Waals surface area contributed by atoms with Crippen LogP contribution in [0.5, 0.6) is 0 Å². The molecule has 0 aliphatic heterocycles. The average molecular weight is 312 g/mol. The summed E-state index contributed by atoms with van der Waals surface area (Å²) >= 11 is 13.3. The molecule has 7 heteroatoms. The number of nitrogens with two attached hydrogens (primary N) is 1. The fraction of sp³-hybridized carbons (Fsp3) is 0. The predicted molar refractivity (Wildman–Crippen MR) is 77.5 cm³/mol. The quantitative estimate of drug-likeness (QED) is 0.764. The first-order valence-corrected chi connectivity index (χ1v) is 6.91. The maximum Gasteiger partial charge on any atom is 0.270 e. The number of anilines is 1. The number of nitrogen functional groups attached to an aromatic ring is 1. The van der Waals surface area contributed by atoms with E-state index in [1.54, 1.807) is 24.3 Å². The standard InChI is InChI=1S/C12H7Cl2N3OS/c13-7-2-1-6(5-8(7)14)11-16-12(18-17-11)10-9(15)3-4-19-10/h1-5H,15H2. The largest absolute Gasteiger partial charge is 0.397 e. The Labute approximate surface area is 122 Å². The Morgan fingerprint density at radius 1 is 1.16 bits per heavy atom. The van der Waals surface area contributed by atoms with Crippen LogP contribution in [0, 0.1) is 0 Å². The summed E-state index contributed by atoms with van der Waals surface area (Å²) in [5.41, 5.74) is 7.16. The van der Waals surface area contributed by atoms with Crippen LogP contribution >= 0.6 is 34.5 Å². The molecule has 0 aliphatic carbocycles. The second-order valence-electron chi connectivity index (χ2n) is 3.76. The number of halogens is 2. The zero-order valence-corrected chi connectivity index (χ0v) is 11.8. The van der Waals surface area contributed by atoms with Gasteiger partial charge in [0.2, 0.25) is 5.82 Å². The minimum absolute atomic E-state index is 0.397. The van der Waals surface area contributed by atoms with E-state index in [9.17, 15) is 0 Å². The highest BCUT2D eigenvalue weighted by Crippen LogP contribution is 2.32. The lowest BCUT2D eigenvalue weighted by Crippen LogP contribution is -1.84. The highest BCUT2D eigenvalue weighted by atomic mass is 35.5. The lowest BCUT2D eigenvalue weighted by molar-refractivity contribution is 0.433. The first-order chi connectivity index (χ1) is 9.15. The number of benzene rings is 1. The highest BCUT2D eigenvalue weighted by molar-refractivity contribution is 7.14. The molecule has 96 valence electrons. The Bertz CT molecular complexity index is 738. The second kappa shape index (κ2) is 4.85. The molecule has 0 spiro atoms. The lowest BCUT2D eigenvalue weighted by atomic mass is 10.2. The molecule has 0 saturated carbocycles. The van der Waals surface area contributed by atoms with E-state index in [1.165, 1.54) is 11.3 Å². The summed E-state index contributed by atoms with van der Waals surface area (Å²) in [6, 6.07) is 6.95. The van der Waals surface area contributed by atoms with Crippen molar-refractivity contribution >= 4 is 40.2 Å². The van der Waals surface area contributed by atoms with Crippen molar-refractivity contribution in [2.75, 3.05) is 5.73 Å². The van der Waals surface area contributed by atoms with E-state index in [2.05, 4.69) is 10.1 Å². The third-order valence-corrected chi connectivity index (χ3v) is 4.15. The van der Waals surface area contributed by atoms with Crippen molar-refractivity contribution in [1.82, 2.24) is 10.1 Å². The van der Waals surface area contributed by atoms with Crippen molar-refractivity contribution in [2.24, 2.45) is 0 Å². The van der Waals surface area contributed by atoms with Crippen LogP contribution in [-0.4, -0.2) is 10.1 Å². The van der Waals surface area contributed by atoms with Crippen LogP contribution in [0.3, 0.4) is 0 Å². The number of rotatable bonds is 2. The summed E-state index contributed by atoms with van der Waals surface area (Å²) in [6.45, 7) is 0. The molecular formula is C12H7Cl2N3OS. The van der Waals surface area contributed by atoms with E-state index in [0.29, 0.717) is 27.4 Å². The Balaban J connectivity index is 2.01. The van der Waals surface area contributed by atoms with Crippen LogP contribution in [0.25, 0.3) is 22.2 Å². The third-order valence-electron chi connectivity index (χ3n) is 2.49. The van der Waals surface area contributed by atoms with Crippen LogP contribution in [0.4, 0.5) is 5.69 Å². The Kier molecular flexibility index (Phi) is 3.18. The maximum absolute atomic E-state index is 5.96. The molecule has 2 N–H and O–H groups in total. The topological polar surface area (TPSA) is 64.9 Å². The van der Waals surface area contributed by atoms with Crippen molar-refractivity contribution < 1.29 is 4.52 Å². The Morgan fingerprint density at radius 2 is 2.00 bits per heavy atom. The summed E-state index contributed by atoms with van der Waals surface area (Å²) in [6.07, 6.45) is 0. The first-order valence-electron chi connectivity index (χ1n) is 5.27. The molecule has 2 aromatic heterocycles. The third kappa shape index (κ3) is 2.32. The second-order valence-corrected chi connectivity index (χ2v) is 5.49. The summed E-state index contributed by atoms with van der Waals surface area (Å²) in [4.78, 5) is 5.07. The minimum atomic E-state index is 0.397. The van der Waals surface area contributed by atoms with Gasteiger partial charge in [-0.25, -0.2) is 0 Å². The van der Waals surface area contributed by atoms with E-state index in [4.69, 9.17) is 33.5 Å². The molecule has 0 amide bonds. The van der Waals surface area contributed by atoms with Crippen molar-refractivity contribution in [3.05, 3.63) is 39.7 Å². The van der Waals surface area contributed by atoms with Gasteiger partial charge in [0.25, 0.3) is 5.89 Å². The van der Waals surface area contributed by atoms with Crippen LogP contribution < -0.4 is 5.73 Å². The first kappa shape index (κ1) is 12.5. The number of hydrogen-bond donors (Lipinski definition) is 1. The number of aromatic nitrogens is 2. The maximum atomic E-state index is 5.96. The van der Waals surface area contributed by atoms with Gasteiger partial charge in [-0.15, -0.1) is 11.3 Å². The van der Waals surface area contributed by atoms with Gasteiger partial charge in [0, 0.05) is 5.56 Å². The molecule has 0 bridgehead atoms. The van der Waals surface area contributed by atoms with Crippen molar-refractivity contribution in [3.8, 4) is 22.2 Å². The summed E-state index contributed by atoms with van der Waals surface area (Å²) in [5, 5.41) is 6.71. The molecular weight excluding hydrogens is 305 g/mol. The average Bonchev–Trinajstić information content (AvgIpc) is 3.01. The molecule has 2 heterocycles. The summed E-state index contributed by atoms with van der Waals surface area (Å²) in [7, 11) is 0. The SMILES string of the molecule is Nc1ccsc1-c1nc(-c2ccc(Cl)c(Cl)c2)no1. The van der Waals surface area contributed by atoms with Crippen LogP contribution in [-0.2, 0) is 0 Å². The van der Waals surface area contributed by atoms with Gasteiger partial charge in [0.15, 0.2) is 0 Å². The molecule has 3 aromatic rings. The molecule has 0 saturated heterocycles. The monoisotopic (exact) mass is 311 g/mol. The molecule has 0 atom stereocenters. The van der Waals surface area contributed by atoms with Crippen molar-refractivity contribution in [1.29, 1.82) is 0 Å². The summed E-state index contributed by atoms with van der Waals surface area (Å²) in [5.74, 6) is 0.843. The van der Waals surface area contributed by atoms with Gasteiger partial charge in [-0.2, -0.15) is 4.98 Å². The van der Waals surface area contributed by atoms with Gasteiger partial charge < -0.3 is 10.3 Å². The lowest BCUT2D eigenvalue weighted by Gasteiger charge is -1.97. The van der Waals surface area contributed by atoms with Gasteiger partial charge in [-0.05, 0) is 29.6 Å². The molecule has 4 nitrogen and oxygen atoms in total. The molecule has 0 aliphatic rings. The van der Waals surface area contributed by atoms with Crippen LogP contribution in [0.1, 0.15) is 0 Å². The van der Waals surface area contributed by atoms with E-state index in [-0.39, 0.29) is 0 Å². The van der Waals surface area contributed by atoms with Gasteiger partial charge in [0.05, 0.1) is 15.7 Å². The zero-order chi connectivity index (χ0) is 13.4. The minimum Gasteiger partial charge on any atom is -0.397 e. The molecule has 3 rings (SSSR count). The van der Waals surface area contributed by atoms with Crippen molar-refractivity contribution in [2.45, 2.75) is 0 Å². The molecule has 0 radical (unpaired) electrons. The predicted octanol–water partition coefficient (Wildman–Crippen LogP) is 4.35. The summed E-state index contributed by atoms with van der Waals surface area (Å²) < 4.78 is 5.21. The van der Waals surface area contributed by atoms with Crippen LogP contribution in [0.2, 0.25) is 10.0 Å². The number of hydrogen-bond acceptors (Lipinski definition) is 5. The van der Waals surface area contributed by atoms with Crippen molar-refractivity contribution in [3.63, 3.8) is 0 Å². The molecule has 1 aromatic carbocycles. The normalized spacial score (nSPS) is 10.8. The van der Waals surface area contributed by atoms with E-state index < -0.39 is 0 Å². The van der Waals surface area contributed by atoms with Gasteiger partial charge in [0.1, 0.15) is 4.88 Å². The Morgan fingerprint density at radius 3 is 2.68 bits per heavy atom. The smallest absolute Gasteiger partial charge is 0.270 e. The van der Waals surface area contributed by atoms with E-state index in [1.807, 2.05) is 5.38 Å². The van der Waals surface area contributed by atoms with E-state index in [0.717, 1.165) is 10.4 Å². The fourth-order valence-electron chi connectivity index (χ4n) is 1.56. The highest BCUT2D eigenvalue weighted by Gasteiger charge is 2.14. The Hall–Kier alpha value is -1.56. The molecule has 0 unspecified atom stereocenters. The van der Waals surface area contributed by atoms with Crippen LogP contribution in [0.15, 0.2) is 34.2 Å². The van der Waals surface area contributed by atoms with Gasteiger partial charge >= 0.3 is 0 Å². The number of thiophene rings is 1. The van der Waals surface area contributed by atoms with E-state index >= 15 is 0 Å². The fourth-order valence-corrected chi connectivity index (χ4v) is 2.60. The molecule has 19 heavy (non-hydrogen) atoms. The van der Waals surface area contributed by atoms with Gasteiger partial charge in [-0.3, -0.25) is 0 Å². The number of nitrogens with zero attached hydrogens (tertiary/aromatic N) is 2. The van der Waals surface area contributed by atoms with Gasteiger partial charge in [-0.1, -0.05) is 28.4 Å². The molecule has 0 fully saturated rings. The zero-order valence-electron chi connectivity index (χ0n) is 9.43.